The van der Waals surface area contributed by atoms with Crippen molar-refractivity contribution in [1.82, 2.24) is 25.5 Å². The Morgan fingerprint density at radius 3 is 2.93 bits per heavy atom. The number of amides is 2. The lowest BCUT2D eigenvalue weighted by Gasteiger charge is -2.11. The van der Waals surface area contributed by atoms with E-state index in [-0.39, 0.29) is 6.03 Å². The van der Waals surface area contributed by atoms with Gasteiger partial charge in [-0.1, -0.05) is 0 Å². The van der Waals surface area contributed by atoms with Gasteiger partial charge in [-0.25, -0.2) is 9.78 Å². The third kappa shape index (κ3) is 4.46. The first-order valence-electron chi connectivity index (χ1n) is 4.84. The van der Waals surface area contributed by atoms with E-state index < -0.39 is 0 Å². The van der Waals surface area contributed by atoms with Crippen molar-refractivity contribution in [3.8, 4) is 0 Å². The topological polar surface area (TPSA) is 73.1 Å². The Morgan fingerprint density at radius 1 is 1.53 bits per heavy atom. The van der Waals surface area contributed by atoms with E-state index in [0.29, 0.717) is 13.1 Å². The van der Waals surface area contributed by atoms with Crippen LogP contribution in [-0.4, -0.2) is 48.1 Å². The number of aromatic nitrogens is 2. The summed E-state index contributed by atoms with van der Waals surface area (Å²) in [6, 6.07) is -0.0743. The maximum absolute atomic E-state index is 11.1. The highest BCUT2D eigenvalue weighted by Gasteiger charge is 2.00. The summed E-state index contributed by atoms with van der Waals surface area (Å²) >= 11 is 0. The molecule has 0 radical (unpaired) electrons. The third-order valence-electron chi connectivity index (χ3n) is 1.83. The molecule has 0 saturated carbocycles. The van der Waals surface area contributed by atoms with Gasteiger partial charge in [0, 0.05) is 39.6 Å². The van der Waals surface area contributed by atoms with E-state index in [1.807, 2.05) is 0 Å². The number of H-pyrrole nitrogens is 1. The third-order valence-corrected chi connectivity index (χ3v) is 1.83. The van der Waals surface area contributed by atoms with Gasteiger partial charge < -0.3 is 20.5 Å². The van der Waals surface area contributed by atoms with E-state index in [0.717, 1.165) is 12.4 Å². The summed E-state index contributed by atoms with van der Waals surface area (Å²) in [5.41, 5.74) is 0. The molecule has 3 N–H and O–H groups in total. The SMILES string of the molecule is CN(C)C(=O)NCCNCc1ncc[nH]1. The van der Waals surface area contributed by atoms with Crippen molar-refractivity contribution in [2.45, 2.75) is 6.54 Å². The molecule has 15 heavy (non-hydrogen) atoms. The van der Waals surface area contributed by atoms with Gasteiger partial charge in [-0.2, -0.15) is 0 Å². The lowest BCUT2D eigenvalue weighted by Crippen LogP contribution is -2.38. The number of imidazole rings is 1. The van der Waals surface area contributed by atoms with E-state index in [4.69, 9.17) is 0 Å². The lowest BCUT2D eigenvalue weighted by atomic mass is 10.5. The molecule has 1 aromatic rings. The van der Waals surface area contributed by atoms with Crippen molar-refractivity contribution in [1.29, 1.82) is 0 Å². The molecule has 0 unspecified atom stereocenters. The van der Waals surface area contributed by atoms with Crippen LogP contribution in [0.2, 0.25) is 0 Å². The van der Waals surface area contributed by atoms with Crippen LogP contribution >= 0.6 is 0 Å². The standard InChI is InChI=1S/C9H17N5O/c1-14(2)9(15)13-4-3-10-7-8-11-5-6-12-8/h5-6,10H,3-4,7H2,1-2H3,(H,11,12)(H,13,15). The number of rotatable bonds is 5. The second-order valence-electron chi connectivity index (χ2n) is 3.34. The molecule has 0 spiro atoms. The molecule has 0 saturated heterocycles. The monoisotopic (exact) mass is 211 g/mol. The largest absolute Gasteiger partial charge is 0.348 e. The van der Waals surface area contributed by atoms with E-state index in [1.54, 1.807) is 26.5 Å². The molecule has 1 heterocycles. The molecule has 1 aromatic heterocycles. The number of carbonyl (C=O) groups excluding carboxylic acids is 1. The van der Waals surface area contributed by atoms with Crippen LogP contribution in [0.15, 0.2) is 12.4 Å². The average molecular weight is 211 g/mol. The van der Waals surface area contributed by atoms with Crippen LogP contribution in [0, 0.1) is 0 Å². The summed E-state index contributed by atoms with van der Waals surface area (Å²) in [5.74, 6) is 0.897. The average Bonchev–Trinajstić information content (AvgIpc) is 2.69. The van der Waals surface area contributed by atoms with E-state index in [1.165, 1.54) is 4.90 Å². The zero-order chi connectivity index (χ0) is 11.1. The molecule has 84 valence electrons. The normalized spacial score (nSPS) is 10.0. The fourth-order valence-electron chi connectivity index (χ4n) is 1.02. The zero-order valence-corrected chi connectivity index (χ0v) is 9.08. The zero-order valence-electron chi connectivity index (χ0n) is 9.08. The van der Waals surface area contributed by atoms with Gasteiger partial charge in [0.15, 0.2) is 0 Å². The van der Waals surface area contributed by atoms with Crippen LogP contribution in [0.3, 0.4) is 0 Å². The maximum Gasteiger partial charge on any atom is 0.316 e. The number of carbonyl (C=O) groups is 1. The minimum Gasteiger partial charge on any atom is -0.348 e. The van der Waals surface area contributed by atoms with Crippen LogP contribution < -0.4 is 10.6 Å². The first kappa shape index (κ1) is 11.5. The second-order valence-corrected chi connectivity index (χ2v) is 3.34. The smallest absolute Gasteiger partial charge is 0.316 e. The molecule has 0 aliphatic carbocycles. The van der Waals surface area contributed by atoms with Crippen LogP contribution in [0.1, 0.15) is 5.82 Å². The summed E-state index contributed by atoms with van der Waals surface area (Å²) in [5, 5.41) is 5.91. The van der Waals surface area contributed by atoms with Gasteiger partial charge in [0.2, 0.25) is 0 Å². The molecule has 0 bridgehead atoms. The Kier molecular flexibility index (Phi) is 4.62. The Morgan fingerprint density at radius 2 is 2.33 bits per heavy atom. The summed E-state index contributed by atoms with van der Waals surface area (Å²) in [4.78, 5) is 19.7. The van der Waals surface area contributed by atoms with Gasteiger partial charge in [0.05, 0.1) is 6.54 Å². The molecule has 0 aromatic carbocycles. The fraction of sp³-hybridized carbons (Fsp3) is 0.556. The summed E-state index contributed by atoms with van der Waals surface area (Å²) < 4.78 is 0. The van der Waals surface area contributed by atoms with Crippen molar-refractivity contribution in [3.05, 3.63) is 18.2 Å². The first-order chi connectivity index (χ1) is 7.20. The Bertz CT molecular complexity index is 283. The molecule has 6 nitrogen and oxygen atoms in total. The predicted molar refractivity (Wildman–Crippen MR) is 57.4 cm³/mol. The molecule has 0 fully saturated rings. The molecule has 0 aliphatic rings. The number of aromatic amines is 1. The first-order valence-corrected chi connectivity index (χ1v) is 4.84. The Hall–Kier alpha value is -1.56. The minimum atomic E-state index is -0.0743. The molecular weight excluding hydrogens is 194 g/mol. The van der Waals surface area contributed by atoms with Crippen LogP contribution in [0.5, 0.6) is 0 Å². The Labute approximate surface area is 89.1 Å². The predicted octanol–water partition coefficient (Wildman–Crippen LogP) is -0.229. The summed E-state index contributed by atoms with van der Waals surface area (Å²) in [7, 11) is 3.43. The molecule has 0 aliphatic heterocycles. The van der Waals surface area contributed by atoms with Crippen LogP contribution in [-0.2, 0) is 6.54 Å². The van der Waals surface area contributed by atoms with Crippen LogP contribution in [0.25, 0.3) is 0 Å². The molecule has 1 rings (SSSR count). The highest BCUT2D eigenvalue weighted by atomic mass is 16.2. The van der Waals surface area contributed by atoms with E-state index in [2.05, 4.69) is 20.6 Å². The van der Waals surface area contributed by atoms with Crippen LogP contribution in [0.4, 0.5) is 4.79 Å². The van der Waals surface area contributed by atoms with Crippen molar-refractivity contribution >= 4 is 6.03 Å². The van der Waals surface area contributed by atoms with Gasteiger partial charge in [0.1, 0.15) is 5.82 Å². The number of nitrogens with one attached hydrogen (secondary N) is 3. The number of urea groups is 1. The molecular formula is C9H17N5O. The van der Waals surface area contributed by atoms with Gasteiger partial charge in [0.25, 0.3) is 0 Å². The second kappa shape index (κ2) is 6.02. The number of hydrogen-bond acceptors (Lipinski definition) is 3. The maximum atomic E-state index is 11.1. The quantitative estimate of drug-likeness (QED) is 0.589. The number of nitrogens with zero attached hydrogens (tertiary/aromatic N) is 2. The van der Waals surface area contributed by atoms with Crippen molar-refractivity contribution < 1.29 is 4.79 Å². The fourth-order valence-corrected chi connectivity index (χ4v) is 1.02. The van der Waals surface area contributed by atoms with Gasteiger partial charge in [-0.3, -0.25) is 0 Å². The van der Waals surface area contributed by atoms with Gasteiger partial charge >= 0.3 is 6.03 Å². The molecule has 0 atom stereocenters. The number of hydrogen-bond donors (Lipinski definition) is 3. The molecule has 6 heteroatoms. The Balaban J connectivity index is 2.00. The minimum absolute atomic E-state index is 0.0743. The van der Waals surface area contributed by atoms with Crippen molar-refractivity contribution in [3.63, 3.8) is 0 Å². The van der Waals surface area contributed by atoms with E-state index >= 15 is 0 Å². The van der Waals surface area contributed by atoms with Gasteiger partial charge in [-0.05, 0) is 0 Å². The lowest BCUT2D eigenvalue weighted by molar-refractivity contribution is 0.217. The van der Waals surface area contributed by atoms with Gasteiger partial charge in [-0.15, -0.1) is 0 Å². The summed E-state index contributed by atoms with van der Waals surface area (Å²) in [6.07, 6.45) is 3.50. The molecule has 2 amide bonds. The summed E-state index contributed by atoms with van der Waals surface area (Å²) in [6.45, 7) is 2.02. The highest BCUT2D eigenvalue weighted by Crippen LogP contribution is 1.85. The van der Waals surface area contributed by atoms with E-state index in [9.17, 15) is 4.79 Å². The van der Waals surface area contributed by atoms with Crippen molar-refractivity contribution in [2.75, 3.05) is 27.2 Å². The highest BCUT2D eigenvalue weighted by molar-refractivity contribution is 5.73. The van der Waals surface area contributed by atoms with Crippen molar-refractivity contribution in [2.24, 2.45) is 0 Å².